The number of pyridine rings is 1. The summed E-state index contributed by atoms with van der Waals surface area (Å²) < 4.78 is 4.84. The summed E-state index contributed by atoms with van der Waals surface area (Å²) in [6.07, 6.45) is 5.72. The monoisotopic (exact) mass is 744 g/mol. The van der Waals surface area contributed by atoms with Gasteiger partial charge < -0.3 is 8.97 Å². The second kappa shape index (κ2) is 14.2. The number of para-hydroxylation sites is 3. The van der Waals surface area contributed by atoms with Gasteiger partial charge in [-0.3, -0.25) is 0 Å². The van der Waals surface area contributed by atoms with E-state index in [9.17, 15) is 0 Å². The third-order valence-electron chi connectivity index (χ3n) is 11.2. The molecule has 0 bridgehead atoms. The Labute approximate surface area is 337 Å². The lowest BCUT2D eigenvalue weighted by atomic mass is 10.0. The summed E-state index contributed by atoms with van der Waals surface area (Å²) in [4.78, 5) is 10.3. The number of rotatable bonds is 5. The van der Waals surface area contributed by atoms with Gasteiger partial charge in [0.2, 0.25) is 0 Å². The van der Waals surface area contributed by atoms with Gasteiger partial charge in [-0.15, -0.1) is 6.58 Å². The zero-order valence-electron chi connectivity index (χ0n) is 32.5. The molecule has 0 atom stereocenters. The molecule has 0 aliphatic carbocycles. The lowest BCUT2D eigenvalue weighted by Crippen LogP contribution is -1.97. The summed E-state index contributed by atoms with van der Waals surface area (Å²) in [5.41, 5.74) is 13.1. The Balaban J connectivity index is 0.00000132. The Morgan fingerprint density at radius 1 is 0.500 bits per heavy atom. The fraction of sp³-hybridized carbons (Fsp3) is 0.0370. The Bertz CT molecular complexity index is 3430. The van der Waals surface area contributed by atoms with Crippen molar-refractivity contribution in [1.29, 1.82) is 0 Å². The maximum Gasteiger partial charge on any atom is 0.160 e. The fourth-order valence-electron chi connectivity index (χ4n) is 8.65. The molecule has 4 heteroatoms. The van der Waals surface area contributed by atoms with E-state index in [1.54, 1.807) is 6.08 Å². The lowest BCUT2D eigenvalue weighted by molar-refractivity contribution is 1.17. The molecule has 11 aromatic rings. The molecule has 0 amide bonds. The van der Waals surface area contributed by atoms with Crippen LogP contribution in [-0.4, -0.2) is 18.9 Å². The van der Waals surface area contributed by atoms with Crippen molar-refractivity contribution in [3.8, 4) is 28.3 Å². The molecule has 58 heavy (non-hydrogen) atoms. The van der Waals surface area contributed by atoms with Gasteiger partial charge in [-0.1, -0.05) is 128 Å². The van der Waals surface area contributed by atoms with Crippen molar-refractivity contribution in [3.05, 3.63) is 201 Å². The normalized spacial score (nSPS) is 11.9. The molecule has 0 unspecified atom stereocenters. The number of aromatic nitrogens is 4. The second-order valence-corrected chi connectivity index (χ2v) is 14.6. The van der Waals surface area contributed by atoms with Crippen molar-refractivity contribution >= 4 is 76.4 Å². The highest BCUT2D eigenvalue weighted by molar-refractivity contribution is 6.21. The van der Waals surface area contributed by atoms with Crippen LogP contribution in [0.4, 0.5) is 0 Å². The number of allylic oxidation sites excluding steroid dienone is 4. The van der Waals surface area contributed by atoms with Crippen molar-refractivity contribution in [2.75, 3.05) is 0 Å². The smallest absolute Gasteiger partial charge is 0.160 e. The molecule has 0 aliphatic rings. The van der Waals surface area contributed by atoms with E-state index in [0.29, 0.717) is 5.82 Å². The Hall–Kier alpha value is -7.56. The molecule has 0 radical (unpaired) electrons. The van der Waals surface area contributed by atoms with E-state index in [1.165, 1.54) is 59.9 Å². The number of nitrogens with zero attached hydrogens (tertiary/aromatic N) is 4. The number of hydrogen-bond acceptors (Lipinski definition) is 2. The third-order valence-corrected chi connectivity index (χ3v) is 11.2. The van der Waals surface area contributed by atoms with Crippen LogP contribution in [0.1, 0.15) is 19.4 Å². The van der Waals surface area contributed by atoms with Gasteiger partial charge in [0.05, 0.1) is 38.8 Å². The van der Waals surface area contributed by atoms with E-state index in [4.69, 9.17) is 9.97 Å². The summed E-state index contributed by atoms with van der Waals surface area (Å²) in [7, 11) is 0. The minimum Gasteiger partial charge on any atom is -0.309 e. The standard InChI is InChI=1S/C51H34N4.C3H6/c1-3-32(4-2)33-21-23-34(24-22-33)50-41-17-8-10-18-44(41)52-51(53-50)35-25-27-37(28-26-35)54-46-20-12-9-16-40(46)43-30-42-38-14-6-7-15-39(38)47-29-36-13-5-11-19-45(36)55(47)49(42)31-48(43)54;1-3-2/h3-31H,1H2,2H3;3H,1H2,2H3/b32-4+;. The average Bonchev–Trinajstić information content (AvgIpc) is 3.83. The van der Waals surface area contributed by atoms with Crippen LogP contribution in [0.5, 0.6) is 0 Å². The summed E-state index contributed by atoms with van der Waals surface area (Å²) in [5, 5.41) is 8.50. The largest absolute Gasteiger partial charge is 0.309 e. The maximum absolute atomic E-state index is 5.20. The Morgan fingerprint density at radius 3 is 1.81 bits per heavy atom. The molecule has 11 rings (SSSR count). The molecule has 0 N–H and O–H groups in total. The zero-order chi connectivity index (χ0) is 39.3. The molecule has 0 saturated carbocycles. The highest BCUT2D eigenvalue weighted by Gasteiger charge is 2.18. The van der Waals surface area contributed by atoms with Gasteiger partial charge in [-0.2, -0.15) is 0 Å². The molecular weight excluding hydrogens is 705 g/mol. The molecule has 4 heterocycles. The van der Waals surface area contributed by atoms with Crippen LogP contribution in [0, 0.1) is 0 Å². The molecule has 0 aliphatic heterocycles. The first-order valence-corrected chi connectivity index (χ1v) is 19.7. The van der Waals surface area contributed by atoms with Crippen LogP contribution < -0.4 is 0 Å². The van der Waals surface area contributed by atoms with Crippen LogP contribution in [0.15, 0.2) is 195 Å². The van der Waals surface area contributed by atoms with Crippen molar-refractivity contribution in [1.82, 2.24) is 18.9 Å². The summed E-state index contributed by atoms with van der Waals surface area (Å²) in [5.74, 6) is 0.700. The molecule has 0 fully saturated rings. The predicted octanol–water partition coefficient (Wildman–Crippen LogP) is 14.6. The van der Waals surface area contributed by atoms with Gasteiger partial charge in [0, 0.05) is 49.1 Å². The Kier molecular flexibility index (Phi) is 8.53. The summed E-state index contributed by atoms with van der Waals surface area (Å²) >= 11 is 0. The number of benzene rings is 7. The first kappa shape index (κ1) is 34.9. The van der Waals surface area contributed by atoms with Gasteiger partial charge in [0.15, 0.2) is 5.82 Å². The molecule has 0 saturated heterocycles. The quantitative estimate of drug-likeness (QED) is 0.0999. The van der Waals surface area contributed by atoms with Crippen LogP contribution >= 0.6 is 0 Å². The Morgan fingerprint density at radius 2 is 1.09 bits per heavy atom. The van der Waals surface area contributed by atoms with Gasteiger partial charge in [-0.25, -0.2) is 9.97 Å². The first-order chi connectivity index (χ1) is 28.6. The average molecular weight is 745 g/mol. The van der Waals surface area contributed by atoms with Gasteiger partial charge in [-0.05, 0) is 91.0 Å². The minimum atomic E-state index is 0.700. The van der Waals surface area contributed by atoms with Gasteiger partial charge in [0.1, 0.15) is 0 Å². The second-order valence-electron chi connectivity index (χ2n) is 14.6. The highest BCUT2D eigenvalue weighted by atomic mass is 15.0. The third kappa shape index (κ3) is 5.53. The van der Waals surface area contributed by atoms with Crippen molar-refractivity contribution in [2.45, 2.75) is 13.8 Å². The van der Waals surface area contributed by atoms with E-state index in [0.717, 1.165) is 44.5 Å². The molecule has 276 valence electrons. The van der Waals surface area contributed by atoms with E-state index in [2.05, 4.69) is 186 Å². The SMILES string of the molecule is C=C/C(=C\C)c1ccc(-c2nc(-c3ccc(-n4c5ccccc5c5cc6c7ccccc7c7cc8ccccc8n7c6cc54)cc3)nc3ccccc23)cc1.C=CC. The molecule has 0 spiro atoms. The van der Waals surface area contributed by atoms with Gasteiger partial charge in [0.25, 0.3) is 0 Å². The topological polar surface area (TPSA) is 35.1 Å². The maximum atomic E-state index is 5.20. The van der Waals surface area contributed by atoms with Crippen LogP contribution in [-0.2, 0) is 0 Å². The van der Waals surface area contributed by atoms with Crippen LogP contribution in [0.3, 0.4) is 0 Å². The summed E-state index contributed by atoms with van der Waals surface area (Å²) in [6, 6.07) is 58.9. The van der Waals surface area contributed by atoms with E-state index in [-0.39, 0.29) is 0 Å². The van der Waals surface area contributed by atoms with Crippen molar-refractivity contribution < 1.29 is 0 Å². The predicted molar refractivity (Wildman–Crippen MR) is 248 cm³/mol. The van der Waals surface area contributed by atoms with E-state index >= 15 is 0 Å². The first-order valence-electron chi connectivity index (χ1n) is 19.7. The van der Waals surface area contributed by atoms with Crippen molar-refractivity contribution in [3.63, 3.8) is 0 Å². The van der Waals surface area contributed by atoms with Gasteiger partial charge >= 0.3 is 0 Å². The van der Waals surface area contributed by atoms with E-state index < -0.39 is 0 Å². The van der Waals surface area contributed by atoms with Crippen LogP contribution in [0.25, 0.3) is 105 Å². The molecule has 7 aromatic carbocycles. The molecule has 4 aromatic heterocycles. The molecular formula is C54H40N4. The van der Waals surface area contributed by atoms with E-state index in [1.807, 2.05) is 26.0 Å². The molecule has 4 nitrogen and oxygen atoms in total. The summed E-state index contributed by atoms with van der Waals surface area (Å²) in [6.45, 7) is 11.3. The number of fused-ring (bicyclic) bond motifs is 12. The zero-order valence-corrected chi connectivity index (χ0v) is 32.5. The lowest BCUT2D eigenvalue weighted by Gasteiger charge is -2.13. The fourth-order valence-corrected chi connectivity index (χ4v) is 8.65. The minimum absolute atomic E-state index is 0.700. The van der Waals surface area contributed by atoms with Crippen molar-refractivity contribution in [2.24, 2.45) is 0 Å². The highest BCUT2D eigenvalue weighted by Crippen LogP contribution is 2.40. The number of hydrogen-bond donors (Lipinski definition) is 0. The van der Waals surface area contributed by atoms with Crippen LogP contribution in [0.2, 0.25) is 0 Å².